The van der Waals surface area contributed by atoms with E-state index in [-0.39, 0.29) is 29.5 Å². The van der Waals surface area contributed by atoms with Crippen molar-refractivity contribution in [3.63, 3.8) is 0 Å². The fourth-order valence-electron chi connectivity index (χ4n) is 4.88. The molecule has 0 aliphatic heterocycles. The lowest BCUT2D eigenvalue weighted by Gasteiger charge is -2.34. The van der Waals surface area contributed by atoms with Crippen LogP contribution < -0.4 is 14.4 Å². The fraction of sp³-hybridized carbons (Fsp3) is 0.257. The van der Waals surface area contributed by atoms with Crippen LogP contribution in [0.1, 0.15) is 31.4 Å². The molecule has 0 saturated heterocycles. The molecule has 1 N–H and O–H groups in total. The van der Waals surface area contributed by atoms with Gasteiger partial charge in [0.25, 0.3) is 10.0 Å². The summed E-state index contributed by atoms with van der Waals surface area (Å²) in [6.07, 6.45) is 0.974. The zero-order valence-electron chi connectivity index (χ0n) is 25.4. The first-order valence-corrected chi connectivity index (χ1v) is 17.1. The second-order valence-corrected chi connectivity index (χ2v) is 13.1. The van der Waals surface area contributed by atoms with Gasteiger partial charge in [-0.1, -0.05) is 95.7 Å². The Morgan fingerprint density at radius 3 is 2.09 bits per heavy atom. The van der Waals surface area contributed by atoms with E-state index < -0.39 is 28.5 Å². The molecule has 1 atom stereocenters. The molecule has 0 spiro atoms. The van der Waals surface area contributed by atoms with E-state index in [0.29, 0.717) is 18.9 Å². The summed E-state index contributed by atoms with van der Waals surface area (Å²) in [6, 6.07) is 30.8. The first-order valence-electron chi connectivity index (χ1n) is 14.9. The molecule has 0 bridgehead atoms. The van der Waals surface area contributed by atoms with Crippen LogP contribution in [-0.2, 0) is 32.6 Å². The number of benzene rings is 4. The molecule has 4 aromatic carbocycles. The van der Waals surface area contributed by atoms with Gasteiger partial charge < -0.3 is 15.0 Å². The second-order valence-electron chi connectivity index (χ2n) is 10.4. The standard InChI is InChI=1S/C35H38BrN3O5S/c1-3-23-37-35(41)32(24-27-13-7-5-8-14-27)38(25-28-19-21-29(36)22-20-28)34(40)26-39(31-17-11-12-18-33(31)44-4-2)45(42,43)30-15-9-6-10-16-30/h5-22,32H,3-4,23-26H2,1-2H3,(H,37,41). The van der Waals surface area contributed by atoms with Gasteiger partial charge in [-0.3, -0.25) is 13.9 Å². The van der Waals surface area contributed by atoms with Gasteiger partial charge in [0.15, 0.2) is 0 Å². The Kier molecular flexibility index (Phi) is 12.2. The van der Waals surface area contributed by atoms with Crippen molar-refractivity contribution in [3.8, 4) is 5.75 Å². The van der Waals surface area contributed by atoms with Crippen LogP contribution in [0.3, 0.4) is 0 Å². The van der Waals surface area contributed by atoms with Crippen molar-refractivity contribution >= 4 is 43.5 Å². The van der Waals surface area contributed by atoms with Crippen molar-refractivity contribution < 1.29 is 22.7 Å². The van der Waals surface area contributed by atoms with Crippen LogP contribution in [0.25, 0.3) is 0 Å². The predicted molar refractivity (Wildman–Crippen MR) is 181 cm³/mol. The van der Waals surface area contributed by atoms with Crippen molar-refractivity contribution in [2.75, 3.05) is 24.0 Å². The van der Waals surface area contributed by atoms with E-state index in [9.17, 15) is 18.0 Å². The summed E-state index contributed by atoms with van der Waals surface area (Å²) in [5.41, 5.74) is 1.90. The summed E-state index contributed by atoms with van der Waals surface area (Å²) in [7, 11) is -4.22. The Bertz CT molecular complexity index is 1650. The van der Waals surface area contributed by atoms with Crippen LogP contribution in [0.2, 0.25) is 0 Å². The van der Waals surface area contributed by atoms with Crippen molar-refractivity contribution in [1.82, 2.24) is 10.2 Å². The van der Waals surface area contributed by atoms with Crippen LogP contribution in [0.15, 0.2) is 119 Å². The number of nitrogens with one attached hydrogen (secondary N) is 1. The van der Waals surface area contributed by atoms with E-state index in [1.807, 2.05) is 61.5 Å². The second kappa shape index (κ2) is 16.2. The molecule has 1 unspecified atom stereocenters. The van der Waals surface area contributed by atoms with E-state index in [1.54, 1.807) is 49.4 Å². The molecular formula is C35H38BrN3O5S. The average molecular weight is 693 g/mol. The van der Waals surface area contributed by atoms with E-state index in [4.69, 9.17) is 4.74 Å². The molecule has 0 aliphatic carbocycles. The molecule has 45 heavy (non-hydrogen) atoms. The van der Waals surface area contributed by atoms with Crippen LogP contribution in [-0.4, -0.2) is 50.9 Å². The molecule has 0 aromatic heterocycles. The largest absolute Gasteiger partial charge is 0.492 e. The molecule has 0 radical (unpaired) electrons. The number of nitrogens with zero attached hydrogens (tertiary/aromatic N) is 2. The summed E-state index contributed by atoms with van der Waals surface area (Å²) in [4.78, 5) is 29.8. The number of carbonyl (C=O) groups is 2. The lowest BCUT2D eigenvalue weighted by molar-refractivity contribution is -0.140. The SMILES string of the molecule is CCCNC(=O)C(Cc1ccccc1)N(Cc1ccc(Br)cc1)C(=O)CN(c1ccccc1OCC)S(=O)(=O)c1ccccc1. The smallest absolute Gasteiger partial charge is 0.264 e. The highest BCUT2D eigenvalue weighted by molar-refractivity contribution is 9.10. The molecule has 0 heterocycles. The van der Waals surface area contributed by atoms with Gasteiger partial charge in [0.05, 0.1) is 17.2 Å². The molecule has 4 aromatic rings. The molecule has 2 amide bonds. The maximum absolute atomic E-state index is 14.5. The third kappa shape index (κ3) is 8.95. The number of rotatable bonds is 15. The number of hydrogen-bond acceptors (Lipinski definition) is 5. The molecule has 8 nitrogen and oxygen atoms in total. The normalized spacial score (nSPS) is 11.8. The number of anilines is 1. The minimum atomic E-state index is -4.22. The number of para-hydroxylation sites is 2. The predicted octanol–water partition coefficient (Wildman–Crippen LogP) is 6.21. The molecule has 0 aliphatic rings. The van der Waals surface area contributed by atoms with Crippen LogP contribution in [0.5, 0.6) is 5.75 Å². The summed E-state index contributed by atoms with van der Waals surface area (Å²) in [5, 5.41) is 2.96. The van der Waals surface area contributed by atoms with Gasteiger partial charge in [-0.25, -0.2) is 8.42 Å². The number of amides is 2. The van der Waals surface area contributed by atoms with Crippen LogP contribution in [0.4, 0.5) is 5.69 Å². The Balaban J connectivity index is 1.82. The topological polar surface area (TPSA) is 96.0 Å². The van der Waals surface area contributed by atoms with Crippen LogP contribution in [0, 0.1) is 0 Å². The van der Waals surface area contributed by atoms with E-state index in [0.717, 1.165) is 26.3 Å². The van der Waals surface area contributed by atoms with Gasteiger partial charge in [-0.2, -0.15) is 0 Å². The highest BCUT2D eigenvalue weighted by atomic mass is 79.9. The van der Waals surface area contributed by atoms with Gasteiger partial charge in [0, 0.05) is 24.0 Å². The van der Waals surface area contributed by atoms with E-state index in [1.165, 1.54) is 17.0 Å². The Morgan fingerprint density at radius 2 is 1.44 bits per heavy atom. The zero-order chi connectivity index (χ0) is 32.2. The third-order valence-electron chi connectivity index (χ3n) is 7.13. The van der Waals surface area contributed by atoms with Crippen molar-refractivity contribution in [3.05, 3.63) is 125 Å². The lowest BCUT2D eigenvalue weighted by atomic mass is 10.0. The van der Waals surface area contributed by atoms with Gasteiger partial charge >= 0.3 is 0 Å². The summed E-state index contributed by atoms with van der Waals surface area (Å²) in [6.45, 7) is 4.05. The van der Waals surface area contributed by atoms with Gasteiger partial charge in [-0.15, -0.1) is 0 Å². The average Bonchev–Trinajstić information content (AvgIpc) is 3.06. The van der Waals surface area contributed by atoms with Crippen molar-refractivity contribution in [2.24, 2.45) is 0 Å². The molecule has 10 heteroatoms. The first kappa shape index (κ1) is 33.7. The summed E-state index contributed by atoms with van der Waals surface area (Å²) >= 11 is 3.46. The highest BCUT2D eigenvalue weighted by Gasteiger charge is 2.35. The minimum Gasteiger partial charge on any atom is -0.492 e. The Hall–Kier alpha value is -4.15. The van der Waals surface area contributed by atoms with Crippen molar-refractivity contribution in [1.29, 1.82) is 0 Å². The first-order chi connectivity index (χ1) is 21.7. The molecular weight excluding hydrogens is 654 g/mol. The number of hydrogen-bond donors (Lipinski definition) is 1. The Labute approximate surface area is 274 Å². The summed E-state index contributed by atoms with van der Waals surface area (Å²) < 4.78 is 36.1. The molecule has 236 valence electrons. The molecule has 0 saturated carbocycles. The monoisotopic (exact) mass is 691 g/mol. The maximum atomic E-state index is 14.5. The van der Waals surface area contributed by atoms with Crippen LogP contribution >= 0.6 is 15.9 Å². The Morgan fingerprint density at radius 1 is 0.822 bits per heavy atom. The number of ether oxygens (including phenoxy) is 1. The minimum absolute atomic E-state index is 0.0325. The van der Waals surface area contributed by atoms with Gasteiger partial charge in [-0.05, 0) is 60.9 Å². The fourth-order valence-corrected chi connectivity index (χ4v) is 6.59. The number of halogens is 1. The molecule has 0 fully saturated rings. The van der Waals surface area contributed by atoms with E-state index in [2.05, 4.69) is 21.2 Å². The highest BCUT2D eigenvalue weighted by Crippen LogP contribution is 2.33. The number of carbonyl (C=O) groups excluding carboxylic acids is 2. The summed E-state index contributed by atoms with van der Waals surface area (Å²) in [5.74, 6) is -0.511. The third-order valence-corrected chi connectivity index (χ3v) is 9.43. The quantitative estimate of drug-likeness (QED) is 0.160. The zero-order valence-corrected chi connectivity index (χ0v) is 27.8. The lowest BCUT2D eigenvalue weighted by Crippen LogP contribution is -2.53. The van der Waals surface area contributed by atoms with Gasteiger partial charge in [0.2, 0.25) is 11.8 Å². The van der Waals surface area contributed by atoms with Crippen molar-refractivity contribution in [2.45, 2.75) is 44.2 Å². The molecule has 4 rings (SSSR count). The van der Waals surface area contributed by atoms with Gasteiger partial charge in [0.1, 0.15) is 18.3 Å². The number of sulfonamides is 1. The maximum Gasteiger partial charge on any atom is 0.264 e. The van der Waals surface area contributed by atoms with E-state index >= 15 is 0 Å².